The number of nitrogens with zero attached hydrogens (tertiary/aromatic N) is 2. The first-order valence-electron chi connectivity index (χ1n) is 6.11. The molecule has 0 aromatic heterocycles. The molecule has 0 atom stereocenters. The van der Waals surface area contributed by atoms with Crippen molar-refractivity contribution in [1.29, 1.82) is 0 Å². The van der Waals surface area contributed by atoms with E-state index in [1.165, 1.54) is 0 Å². The average molecular weight is 396 g/mol. The van der Waals surface area contributed by atoms with Crippen LogP contribution in [0.4, 0.5) is 0 Å². The van der Waals surface area contributed by atoms with Gasteiger partial charge in [-0.05, 0) is 19.1 Å². The lowest BCUT2D eigenvalue weighted by molar-refractivity contribution is 0.336. The Morgan fingerprint density at radius 1 is 1.47 bits per heavy atom. The van der Waals surface area contributed by atoms with E-state index in [0.29, 0.717) is 18.2 Å². The first-order valence-corrected chi connectivity index (χ1v) is 6.49. The summed E-state index contributed by atoms with van der Waals surface area (Å²) in [6.45, 7) is 5.12. The number of benzene rings is 1. The molecule has 1 aromatic carbocycles. The molecule has 0 saturated heterocycles. The van der Waals surface area contributed by atoms with E-state index in [9.17, 15) is 0 Å². The Morgan fingerprint density at radius 2 is 2.26 bits per heavy atom. The van der Waals surface area contributed by atoms with Crippen LogP contribution < -0.4 is 10.1 Å². The summed E-state index contributed by atoms with van der Waals surface area (Å²) in [5.74, 6) is 1.77. The molecular weight excluding hydrogens is 377 g/mol. The predicted octanol–water partition coefficient (Wildman–Crippen LogP) is 2.75. The van der Waals surface area contributed by atoms with E-state index in [-0.39, 0.29) is 24.0 Å². The first-order chi connectivity index (χ1) is 8.70. The van der Waals surface area contributed by atoms with E-state index in [4.69, 9.17) is 16.3 Å². The van der Waals surface area contributed by atoms with Crippen LogP contribution in [-0.4, -0.2) is 37.6 Å². The van der Waals surface area contributed by atoms with Crippen LogP contribution in [0.2, 0.25) is 5.02 Å². The summed E-state index contributed by atoms with van der Waals surface area (Å²) >= 11 is 5.97. The number of hydrogen-bond acceptors (Lipinski definition) is 4. The molecular formula is C13H19ClIN3O. The number of rotatable bonds is 4. The molecule has 1 aliphatic heterocycles. The van der Waals surface area contributed by atoms with Crippen molar-refractivity contribution in [2.45, 2.75) is 13.5 Å². The fraction of sp³-hybridized carbons (Fsp3) is 0.462. The van der Waals surface area contributed by atoms with Crippen molar-refractivity contribution in [3.05, 3.63) is 28.8 Å². The van der Waals surface area contributed by atoms with E-state index >= 15 is 0 Å². The Labute approximate surface area is 136 Å². The quantitative estimate of drug-likeness (QED) is 0.797. The summed E-state index contributed by atoms with van der Waals surface area (Å²) in [7, 11) is 2.03. The number of nitrogens with one attached hydrogen (secondary N) is 1. The molecule has 4 nitrogen and oxygen atoms in total. The van der Waals surface area contributed by atoms with Crippen LogP contribution in [-0.2, 0) is 6.54 Å². The highest BCUT2D eigenvalue weighted by molar-refractivity contribution is 14.0. The zero-order chi connectivity index (χ0) is 13.0. The Bertz CT molecular complexity index is 454. The van der Waals surface area contributed by atoms with E-state index in [0.717, 1.165) is 30.4 Å². The molecule has 6 heteroatoms. The zero-order valence-corrected chi connectivity index (χ0v) is 14.2. The maximum atomic E-state index is 5.97. The van der Waals surface area contributed by atoms with Gasteiger partial charge in [0.05, 0.1) is 13.2 Å². The molecule has 0 saturated carbocycles. The van der Waals surface area contributed by atoms with Gasteiger partial charge in [0.2, 0.25) is 0 Å². The molecule has 0 spiro atoms. The van der Waals surface area contributed by atoms with Gasteiger partial charge < -0.3 is 15.0 Å². The van der Waals surface area contributed by atoms with Crippen molar-refractivity contribution in [2.24, 2.45) is 4.99 Å². The number of ether oxygens (including phenoxy) is 1. The second-order valence-corrected chi connectivity index (χ2v) is 4.60. The van der Waals surface area contributed by atoms with Gasteiger partial charge in [-0.2, -0.15) is 0 Å². The number of likely N-dealkylation sites (N-methyl/N-ethyl adjacent to an activating group) is 1. The summed E-state index contributed by atoms with van der Waals surface area (Å²) in [6.07, 6.45) is 0. The van der Waals surface area contributed by atoms with Crippen molar-refractivity contribution >= 4 is 41.5 Å². The SMILES string of the molecule is CCOc1cc(Cl)ccc1CNC1=NCCN1C.I. The molecule has 19 heavy (non-hydrogen) atoms. The third kappa shape index (κ3) is 4.42. The molecule has 0 unspecified atom stereocenters. The Hall–Kier alpha value is -0.690. The van der Waals surface area contributed by atoms with Crippen LogP contribution in [0, 0.1) is 0 Å². The molecule has 1 aliphatic rings. The highest BCUT2D eigenvalue weighted by Crippen LogP contribution is 2.23. The van der Waals surface area contributed by atoms with Crippen molar-refractivity contribution in [3.8, 4) is 5.75 Å². The molecule has 0 radical (unpaired) electrons. The largest absolute Gasteiger partial charge is 0.493 e. The molecule has 0 bridgehead atoms. The van der Waals surface area contributed by atoms with Crippen LogP contribution >= 0.6 is 35.6 Å². The van der Waals surface area contributed by atoms with Gasteiger partial charge in [-0.3, -0.25) is 4.99 Å². The molecule has 0 fully saturated rings. The molecule has 1 aromatic rings. The summed E-state index contributed by atoms with van der Waals surface area (Å²) in [5.41, 5.74) is 1.09. The Balaban J connectivity index is 0.00000180. The molecule has 1 N–H and O–H groups in total. The summed E-state index contributed by atoms with van der Waals surface area (Å²) in [6, 6.07) is 5.71. The van der Waals surface area contributed by atoms with Crippen molar-refractivity contribution < 1.29 is 4.74 Å². The topological polar surface area (TPSA) is 36.9 Å². The minimum Gasteiger partial charge on any atom is -0.493 e. The fourth-order valence-electron chi connectivity index (χ4n) is 1.86. The van der Waals surface area contributed by atoms with Crippen molar-refractivity contribution in [2.75, 3.05) is 26.7 Å². The lowest BCUT2D eigenvalue weighted by atomic mass is 10.2. The monoisotopic (exact) mass is 395 g/mol. The van der Waals surface area contributed by atoms with Crippen LogP contribution in [0.3, 0.4) is 0 Å². The van der Waals surface area contributed by atoms with Gasteiger partial charge in [0.1, 0.15) is 5.75 Å². The number of aliphatic imine (C=N–C) groups is 1. The summed E-state index contributed by atoms with van der Waals surface area (Å²) < 4.78 is 5.58. The van der Waals surface area contributed by atoms with Gasteiger partial charge >= 0.3 is 0 Å². The number of hydrogen-bond donors (Lipinski definition) is 1. The first kappa shape index (κ1) is 16.4. The van der Waals surface area contributed by atoms with E-state index < -0.39 is 0 Å². The Morgan fingerprint density at radius 3 is 2.89 bits per heavy atom. The van der Waals surface area contributed by atoms with Gasteiger partial charge in [0.15, 0.2) is 5.96 Å². The van der Waals surface area contributed by atoms with E-state index in [1.54, 1.807) is 0 Å². The molecule has 2 rings (SSSR count). The maximum absolute atomic E-state index is 5.97. The minimum atomic E-state index is 0. The zero-order valence-electron chi connectivity index (χ0n) is 11.1. The third-order valence-electron chi connectivity index (χ3n) is 2.82. The summed E-state index contributed by atoms with van der Waals surface area (Å²) in [5, 5.41) is 4.01. The van der Waals surface area contributed by atoms with Gasteiger partial charge in [-0.1, -0.05) is 17.7 Å². The number of halogens is 2. The van der Waals surface area contributed by atoms with E-state index in [2.05, 4.69) is 15.2 Å². The lowest BCUT2D eigenvalue weighted by Gasteiger charge is -2.16. The predicted molar refractivity (Wildman–Crippen MR) is 89.8 cm³/mol. The molecule has 1 heterocycles. The summed E-state index contributed by atoms with van der Waals surface area (Å²) in [4.78, 5) is 6.50. The molecule has 106 valence electrons. The molecule has 0 amide bonds. The standard InChI is InChI=1S/C13H18ClN3O.HI/c1-3-18-12-8-11(14)5-4-10(12)9-16-13-15-6-7-17(13)2;/h4-5,8H,3,6-7,9H2,1-2H3,(H,15,16);1H. The van der Waals surface area contributed by atoms with Gasteiger partial charge in [0, 0.05) is 30.7 Å². The van der Waals surface area contributed by atoms with Crippen LogP contribution in [0.25, 0.3) is 0 Å². The van der Waals surface area contributed by atoms with Crippen LogP contribution in [0.5, 0.6) is 5.75 Å². The fourth-order valence-corrected chi connectivity index (χ4v) is 2.02. The van der Waals surface area contributed by atoms with Crippen molar-refractivity contribution in [1.82, 2.24) is 10.2 Å². The molecule has 0 aliphatic carbocycles. The van der Waals surface area contributed by atoms with Crippen LogP contribution in [0.15, 0.2) is 23.2 Å². The smallest absolute Gasteiger partial charge is 0.194 e. The normalized spacial score (nSPS) is 13.8. The van der Waals surface area contributed by atoms with Gasteiger partial charge in [-0.15, -0.1) is 24.0 Å². The average Bonchev–Trinajstić information content (AvgIpc) is 2.74. The van der Waals surface area contributed by atoms with Crippen LogP contribution in [0.1, 0.15) is 12.5 Å². The minimum absolute atomic E-state index is 0. The second kappa shape index (κ2) is 7.79. The highest BCUT2D eigenvalue weighted by Gasteiger charge is 2.12. The Kier molecular flexibility index (Phi) is 6.71. The van der Waals surface area contributed by atoms with Gasteiger partial charge in [-0.25, -0.2) is 0 Å². The third-order valence-corrected chi connectivity index (χ3v) is 3.06. The number of guanidine groups is 1. The lowest BCUT2D eigenvalue weighted by Crippen LogP contribution is -2.35. The van der Waals surface area contributed by atoms with Crippen molar-refractivity contribution in [3.63, 3.8) is 0 Å². The van der Waals surface area contributed by atoms with E-state index in [1.807, 2.05) is 32.2 Å². The second-order valence-electron chi connectivity index (χ2n) is 4.17. The maximum Gasteiger partial charge on any atom is 0.194 e. The highest BCUT2D eigenvalue weighted by atomic mass is 127. The van der Waals surface area contributed by atoms with Gasteiger partial charge in [0.25, 0.3) is 0 Å².